The molecule has 0 amide bonds. The summed E-state index contributed by atoms with van der Waals surface area (Å²) in [5.74, 6) is 0.603. The minimum atomic E-state index is -0.197. The Hall–Kier alpha value is -9.70. The Labute approximate surface area is 579 Å². The van der Waals surface area contributed by atoms with Crippen LogP contribution in [0.4, 0.5) is 34.1 Å². The van der Waals surface area contributed by atoms with E-state index < -0.39 is 0 Å². The smallest absolute Gasteiger partial charge is 0.252 e. The summed E-state index contributed by atoms with van der Waals surface area (Å²) in [5.41, 5.74) is 35.0. The van der Waals surface area contributed by atoms with Crippen molar-refractivity contribution in [3.63, 3.8) is 0 Å². The van der Waals surface area contributed by atoms with E-state index in [9.17, 15) is 0 Å². The Balaban J connectivity index is 1.20. The first-order chi connectivity index (χ1) is 46.3. The molecule has 12 aromatic rings. The Morgan fingerprint density at radius 3 is 0.897 bits per heavy atom. The second kappa shape index (κ2) is 24.7. The fourth-order valence-electron chi connectivity index (χ4n) is 15.0. The van der Waals surface area contributed by atoms with Gasteiger partial charge in [0.15, 0.2) is 0 Å². The molecule has 0 unspecified atom stereocenters. The summed E-state index contributed by atoms with van der Waals surface area (Å²) in [6.07, 6.45) is 0. The number of para-hydroxylation sites is 2. The van der Waals surface area contributed by atoms with E-state index in [0.29, 0.717) is 5.92 Å². The first kappa shape index (κ1) is 64.6. The number of rotatable bonds is 11. The van der Waals surface area contributed by atoms with Crippen LogP contribution in [0.15, 0.2) is 261 Å². The average molecular weight is 1260 g/mol. The summed E-state index contributed by atoms with van der Waals surface area (Å²) in [5, 5.41) is 0. The van der Waals surface area contributed by atoms with E-state index in [1.54, 1.807) is 0 Å². The fourth-order valence-corrected chi connectivity index (χ4v) is 15.0. The lowest BCUT2D eigenvalue weighted by atomic mass is 9.33. The molecular formula is C94H93BN2. The number of fused-ring (bicyclic) bond motifs is 4. The van der Waals surface area contributed by atoms with Gasteiger partial charge in [-0.05, 0) is 163 Å². The second-order valence-electron chi connectivity index (χ2n) is 32.2. The van der Waals surface area contributed by atoms with Gasteiger partial charge in [0, 0.05) is 45.0 Å². The van der Waals surface area contributed by atoms with E-state index in [1.165, 1.54) is 94.5 Å². The Morgan fingerprint density at radius 1 is 0.258 bits per heavy atom. The van der Waals surface area contributed by atoms with Gasteiger partial charge in [-0.3, -0.25) is 0 Å². The first-order valence-electron chi connectivity index (χ1n) is 35.3. The molecule has 2 aliphatic heterocycles. The van der Waals surface area contributed by atoms with Gasteiger partial charge in [-0.1, -0.05) is 347 Å². The number of nitrogens with zero attached hydrogens (tertiary/aromatic N) is 2. The molecule has 2 nitrogen and oxygen atoms in total. The molecule has 0 aliphatic carbocycles. The summed E-state index contributed by atoms with van der Waals surface area (Å²) in [6.45, 7) is 37.5. The number of benzene rings is 12. The molecule has 3 heteroatoms. The SMILES string of the molecule is CC(C)c1ccc(-c2cc3c4c(c2)N(c2c(-c5ccccc5)cccc2-c2ccccc2)c2cc(-c5cc(C(C)(C)C)cc(C(C)(C)C)c5)ccc2B4c2ccc(-c4cc(C(C)(C)C)cc(C(C)(C)C)c4)cc2N3c2c(-c3ccccc3)cccc2-c2ccccc2)c(C(C)C)c1. The topological polar surface area (TPSA) is 6.48 Å². The maximum Gasteiger partial charge on any atom is 0.252 e. The van der Waals surface area contributed by atoms with Gasteiger partial charge in [0.05, 0.1) is 11.4 Å². The summed E-state index contributed by atoms with van der Waals surface area (Å²) in [7, 11) is 0. The molecule has 2 heterocycles. The van der Waals surface area contributed by atoms with E-state index in [2.05, 4.69) is 381 Å². The van der Waals surface area contributed by atoms with Crippen molar-refractivity contribution in [2.75, 3.05) is 9.80 Å². The molecule has 14 rings (SSSR count). The van der Waals surface area contributed by atoms with E-state index in [4.69, 9.17) is 0 Å². The van der Waals surface area contributed by atoms with Crippen molar-refractivity contribution in [1.29, 1.82) is 0 Å². The van der Waals surface area contributed by atoms with Crippen molar-refractivity contribution in [2.24, 2.45) is 0 Å². The molecule has 12 aromatic carbocycles. The van der Waals surface area contributed by atoms with Crippen LogP contribution in [-0.2, 0) is 21.7 Å². The van der Waals surface area contributed by atoms with Crippen LogP contribution >= 0.6 is 0 Å². The van der Waals surface area contributed by atoms with Crippen LogP contribution in [0.25, 0.3) is 77.9 Å². The van der Waals surface area contributed by atoms with Crippen LogP contribution in [-0.4, -0.2) is 6.71 Å². The van der Waals surface area contributed by atoms with Crippen molar-refractivity contribution in [3.8, 4) is 77.9 Å². The van der Waals surface area contributed by atoms with Gasteiger partial charge in [-0.25, -0.2) is 0 Å². The van der Waals surface area contributed by atoms with Gasteiger partial charge >= 0.3 is 0 Å². The third-order valence-corrected chi connectivity index (χ3v) is 20.6. The minimum Gasteiger partial charge on any atom is -0.310 e. The van der Waals surface area contributed by atoms with Gasteiger partial charge in [-0.2, -0.15) is 0 Å². The van der Waals surface area contributed by atoms with E-state index in [1.807, 2.05) is 0 Å². The molecular weight excluding hydrogens is 1170 g/mol. The lowest BCUT2D eigenvalue weighted by molar-refractivity contribution is 0.568. The minimum absolute atomic E-state index is 0.0815. The molecule has 0 aromatic heterocycles. The third-order valence-electron chi connectivity index (χ3n) is 20.6. The zero-order chi connectivity index (χ0) is 68.0. The molecule has 0 spiro atoms. The monoisotopic (exact) mass is 1260 g/mol. The van der Waals surface area contributed by atoms with Crippen LogP contribution in [0.3, 0.4) is 0 Å². The van der Waals surface area contributed by atoms with Crippen molar-refractivity contribution in [2.45, 2.75) is 144 Å². The lowest BCUT2D eigenvalue weighted by Gasteiger charge is -2.46. The Bertz CT molecular complexity index is 4490. The molecule has 0 radical (unpaired) electrons. The highest BCUT2D eigenvalue weighted by atomic mass is 15.2. The summed E-state index contributed by atoms with van der Waals surface area (Å²) < 4.78 is 0. The van der Waals surface area contributed by atoms with E-state index in [-0.39, 0.29) is 34.3 Å². The van der Waals surface area contributed by atoms with Gasteiger partial charge < -0.3 is 9.80 Å². The van der Waals surface area contributed by atoms with Crippen molar-refractivity contribution in [3.05, 3.63) is 294 Å². The summed E-state index contributed by atoms with van der Waals surface area (Å²) in [6, 6.07) is 101. The first-order valence-corrected chi connectivity index (χ1v) is 35.3. The standard InChI is InChI=1S/C94H93BN2/c1-60(2)66-43-46-76(81(53-66)61(3)4)71-56-86-88-87(57-71)97(90-79(64-35-25-19-26-36-64)41-30-42-80(90)65-37-27-20-28-38-65)85-55-68(70-51-74(93(11,12)13)59-75(52-70)94(14,15)16)45-48-83(85)95(88)82-47-44-67(69-49-72(91(5,6)7)58-73(50-69)92(8,9)10)54-84(82)96(86)89-77(62-31-21-17-22-32-62)39-29-40-78(89)63-33-23-18-24-34-63/h17-61H,1-16H3. The number of hydrogen-bond donors (Lipinski definition) is 0. The van der Waals surface area contributed by atoms with Gasteiger partial charge in [0.25, 0.3) is 6.71 Å². The summed E-state index contributed by atoms with van der Waals surface area (Å²) in [4.78, 5) is 5.45. The second-order valence-corrected chi connectivity index (χ2v) is 32.2. The van der Waals surface area contributed by atoms with Crippen LogP contribution in [0.1, 0.15) is 156 Å². The van der Waals surface area contributed by atoms with Crippen molar-refractivity contribution >= 4 is 57.2 Å². The van der Waals surface area contributed by atoms with Crippen molar-refractivity contribution in [1.82, 2.24) is 0 Å². The highest BCUT2D eigenvalue weighted by Gasteiger charge is 2.46. The van der Waals surface area contributed by atoms with Crippen LogP contribution < -0.4 is 26.2 Å². The average Bonchev–Trinajstić information content (AvgIpc) is 0.688. The molecule has 0 atom stereocenters. The molecule has 0 N–H and O–H groups in total. The highest BCUT2D eigenvalue weighted by molar-refractivity contribution is 7.00. The molecule has 482 valence electrons. The zero-order valence-electron chi connectivity index (χ0n) is 60.0. The Kier molecular flexibility index (Phi) is 16.5. The van der Waals surface area contributed by atoms with E-state index >= 15 is 0 Å². The van der Waals surface area contributed by atoms with E-state index in [0.717, 1.165) is 67.3 Å². The summed E-state index contributed by atoms with van der Waals surface area (Å²) >= 11 is 0. The highest BCUT2D eigenvalue weighted by Crippen LogP contribution is 2.55. The molecule has 2 aliphatic rings. The van der Waals surface area contributed by atoms with Crippen LogP contribution in [0.5, 0.6) is 0 Å². The van der Waals surface area contributed by atoms with Gasteiger partial charge in [0.2, 0.25) is 0 Å². The molecule has 0 saturated carbocycles. The Morgan fingerprint density at radius 2 is 0.588 bits per heavy atom. The predicted octanol–water partition coefficient (Wildman–Crippen LogP) is 24.9. The maximum absolute atomic E-state index is 2.73. The fraction of sp³-hybridized carbons (Fsp3) is 0.234. The van der Waals surface area contributed by atoms with Gasteiger partial charge in [0.1, 0.15) is 0 Å². The third kappa shape index (κ3) is 12.1. The van der Waals surface area contributed by atoms with Crippen LogP contribution in [0, 0.1) is 0 Å². The molecule has 0 fully saturated rings. The normalized spacial score (nSPS) is 13.1. The molecule has 97 heavy (non-hydrogen) atoms. The van der Waals surface area contributed by atoms with Gasteiger partial charge in [-0.15, -0.1) is 0 Å². The lowest BCUT2D eigenvalue weighted by Crippen LogP contribution is -2.61. The number of hydrogen-bond acceptors (Lipinski definition) is 2. The van der Waals surface area contributed by atoms with Crippen molar-refractivity contribution < 1.29 is 0 Å². The number of anilines is 6. The predicted molar refractivity (Wildman–Crippen MR) is 421 cm³/mol. The quantitative estimate of drug-likeness (QED) is 0.119. The maximum atomic E-state index is 2.73. The zero-order valence-corrected chi connectivity index (χ0v) is 60.0. The van der Waals surface area contributed by atoms with Crippen LogP contribution in [0.2, 0.25) is 0 Å². The molecule has 0 saturated heterocycles. The molecule has 0 bridgehead atoms. The largest absolute Gasteiger partial charge is 0.310 e.